The van der Waals surface area contributed by atoms with Gasteiger partial charge < -0.3 is 20.6 Å². The molecule has 0 spiro atoms. The van der Waals surface area contributed by atoms with Crippen molar-refractivity contribution >= 4 is 5.84 Å². The quantitative estimate of drug-likeness (QED) is 0.307. The molecule has 2 aliphatic rings. The normalized spacial score (nSPS) is 28.7. The molecule has 0 aromatic carbocycles. The zero-order chi connectivity index (χ0) is 15.2. The number of nitrogens with two attached hydrogens (primary N) is 1. The molecule has 0 amide bonds. The van der Waals surface area contributed by atoms with Crippen molar-refractivity contribution in [3.63, 3.8) is 0 Å². The van der Waals surface area contributed by atoms with E-state index in [-0.39, 0.29) is 6.04 Å². The Labute approximate surface area is 127 Å². The van der Waals surface area contributed by atoms with Gasteiger partial charge >= 0.3 is 0 Å². The van der Waals surface area contributed by atoms with E-state index >= 15 is 0 Å². The minimum Gasteiger partial charge on any atom is -0.409 e. The van der Waals surface area contributed by atoms with Crippen LogP contribution in [0.1, 0.15) is 13.3 Å². The molecule has 0 aromatic heterocycles. The van der Waals surface area contributed by atoms with Gasteiger partial charge in [-0.1, -0.05) is 12.1 Å². The van der Waals surface area contributed by atoms with Crippen LogP contribution in [0, 0.1) is 0 Å². The number of amidine groups is 1. The fraction of sp³-hybridized carbons (Fsp3) is 0.929. The molecule has 0 aliphatic carbocycles. The smallest absolute Gasteiger partial charge is 0.156 e. The van der Waals surface area contributed by atoms with E-state index < -0.39 is 0 Å². The van der Waals surface area contributed by atoms with E-state index in [9.17, 15) is 0 Å². The van der Waals surface area contributed by atoms with E-state index in [1.165, 1.54) is 0 Å². The third-order valence-corrected chi connectivity index (χ3v) is 4.49. The third-order valence-electron chi connectivity index (χ3n) is 4.49. The molecule has 21 heavy (non-hydrogen) atoms. The van der Waals surface area contributed by atoms with Crippen molar-refractivity contribution in [1.29, 1.82) is 0 Å². The van der Waals surface area contributed by atoms with Crippen molar-refractivity contribution in [3.05, 3.63) is 0 Å². The largest absolute Gasteiger partial charge is 0.409 e. The number of hydrogen-bond acceptors (Lipinski definition) is 6. The summed E-state index contributed by atoms with van der Waals surface area (Å²) < 4.78 is 5.83. The number of ether oxygens (including phenoxy) is 1. The van der Waals surface area contributed by atoms with E-state index in [1.54, 1.807) is 0 Å². The maximum absolute atomic E-state index is 8.86. The first-order valence-corrected chi connectivity index (χ1v) is 7.88. The molecule has 0 radical (unpaired) electrons. The molecule has 2 aliphatic heterocycles. The van der Waals surface area contributed by atoms with E-state index in [1.807, 2.05) is 0 Å². The van der Waals surface area contributed by atoms with Crippen LogP contribution in [0.25, 0.3) is 0 Å². The van der Waals surface area contributed by atoms with Crippen molar-refractivity contribution in [2.24, 2.45) is 10.9 Å². The summed E-state index contributed by atoms with van der Waals surface area (Å²) in [6, 6.07) is 0.0502. The highest BCUT2D eigenvalue weighted by atomic mass is 16.5. The highest BCUT2D eigenvalue weighted by molar-refractivity contribution is 5.85. The van der Waals surface area contributed by atoms with Crippen LogP contribution in [0.15, 0.2) is 5.16 Å². The molecule has 2 unspecified atom stereocenters. The standard InChI is InChI=1S/C14H29N5O2/c1-3-13(14(15)16-20)19-6-4-18(5-7-19)11-12-10-17(2)8-9-21-12/h12-13,20H,3-11H2,1-2H3,(H2,15,16). The lowest BCUT2D eigenvalue weighted by Crippen LogP contribution is -2.56. The Kier molecular flexibility index (Phi) is 6.22. The Morgan fingerprint density at radius 1 is 1.33 bits per heavy atom. The van der Waals surface area contributed by atoms with Crippen LogP contribution in [-0.2, 0) is 4.74 Å². The van der Waals surface area contributed by atoms with Crippen LogP contribution in [0.2, 0.25) is 0 Å². The number of likely N-dealkylation sites (N-methyl/N-ethyl adjacent to an activating group) is 1. The number of rotatable bonds is 5. The van der Waals surface area contributed by atoms with Crippen LogP contribution >= 0.6 is 0 Å². The average molecular weight is 299 g/mol. The molecule has 2 saturated heterocycles. The van der Waals surface area contributed by atoms with Gasteiger partial charge in [-0.2, -0.15) is 0 Å². The first-order valence-electron chi connectivity index (χ1n) is 7.88. The minimum atomic E-state index is 0.0502. The van der Waals surface area contributed by atoms with Crippen LogP contribution in [0.4, 0.5) is 0 Å². The van der Waals surface area contributed by atoms with Crippen molar-refractivity contribution < 1.29 is 9.94 Å². The summed E-state index contributed by atoms with van der Waals surface area (Å²) in [6.45, 7) is 9.89. The number of piperazine rings is 1. The summed E-state index contributed by atoms with van der Waals surface area (Å²) in [6.07, 6.45) is 1.19. The summed E-state index contributed by atoms with van der Waals surface area (Å²) in [5.74, 6) is 0.322. The monoisotopic (exact) mass is 299 g/mol. The van der Waals surface area contributed by atoms with Crippen molar-refractivity contribution in [1.82, 2.24) is 14.7 Å². The Bertz CT molecular complexity index is 344. The first kappa shape index (κ1) is 16.5. The highest BCUT2D eigenvalue weighted by Crippen LogP contribution is 2.12. The van der Waals surface area contributed by atoms with Crippen molar-refractivity contribution in [3.8, 4) is 0 Å². The topological polar surface area (TPSA) is 77.6 Å². The molecule has 2 heterocycles. The van der Waals surface area contributed by atoms with E-state index in [2.05, 4.69) is 33.8 Å². The number of oxime groups is 1. The SMILES string of the molecule is CCC(C(N)=NO)N1CCN(CC2CN(C)CCO2)CC1. The van der Waals surface area contributed by atoms with Gasteiger partial charge in [0.1, 0.15) is 0 Å². The Hall–Kier alpha value is -0.890. The van der Waals surface area contributed by atoms with Crippen LogP contribution in [0.5, 0.6) is 0 Å². The molecule has 3 N–H and O–H groups in total. The van der Waals surface area contributed by atoms with Gasteiger partial charge in [0, 0.05) is 45.8 Å². The zero-order valence-corrected chi connectivity index (χ0v) is 13.2. The molecular weight excluding hydrogens is 270 g/mol. The minimum absolute atomic E-state index is 0.0502. The maximum atomic E-state index is 8.86. The van der Waals surface area contributed by atoms with Gasteiger partial charge in [-0.15, -0.1) is 0 Å². The van der Waals surface area contributed by atoms with Gasteiger partial charge in [0.15, 0.2) is 5.84 Å². The Balaban J connectivity index is 1.77. The molecule has 0 bridgehead atoms. The lowest BCUT2D eigenvalue weighted by Gasteiger charge is -2.40. The third kappa shape index (κ3) is 4.54. The predicted molar refractivity (Wildman–Crippen MR) is 82.7 cm³/mol. The molecule has 0 aromatic rings. The van der Waals surface area contributed by atoms with E-state index in [0.717, 1.165) is 58.8 Å². The highest BCUT2D eigenvalue weighted by Gasteiger charge is 2.27. The molecular formula is C14H29N5O2. The van der Waals surface area contributed by atoms with Gasteiger partial charge in [0.05, 0.1) is 18.8 Å². The number of nitrogens with zero attached hydrogens (tertiary/aromatic N) is 4. The number of morpholine rings is 1. The second-order valence-corrected chi connectivity index (χ2v) is 6.04. The van der Waals surface area contributed by atoms with Gasteiger partial charge in [-0.3, -0.25) is 9.80 Å². The molecule has 2 rings (SSSR count). The van der Waals surface area contributed by atoms with Crippen LogP contribution < -0.4 is 5.73 Å². The Morgan fingerprint density at radius 2 is 2.05 bits per heavy atom. The summed E-state index contributed by atoms with van der Waals surface area (Å²) >= 11 is 0. The maximum Gasteiger partial charge on any atom is 0.156 e. The zero-order valence-electron chi connectivity index (χ0n) is 13.2. The van der Waals surface area contributed by atoms with Crippen LogP contribution in [-0.4, -0.2) is 97.4 Å². The molecule has 2 fully saturated rings. The van der Waals surface area contributed by atoms with Gasteiger partial charge in [-0.05, 0) is 13.5 Å². The molecule has 7 heteroatoms. The van der Waals surface area contributed by atoms with Gasteiger partial charge in [-0.25, -0.2) is 0 Å². The second-order valence-electron chi connectivity index (χ2n) is 6.04. The van der Waals surface area contributed by atoms with Crippen LogP contribution in [0.3, 0.4) is 0 Å². The average Bonchev–Trinajstić information content (AvgIpc) is 2.49. The molecule has 7 nitrogen and oxygen atoms in total. The molecule has 2 atom stereocenters. The fourth-order valence-corrected chi connectivity index (χ4v) is 3.24. The van der Waals surface area contributed by atoms with Crippen molar-refractivity contribution in [2.75, 3.05) is 59.5 Å². The van der Waals surface area contributed by atoms with Gasteiger partial charge in [0.25, 0.3) is 0 Å². The summed E-state index contributed by atoms with van der Waals surface area (Å²) in [5, 5.41) is 12.0. The molecule has 122 valence electrons. The van der Waals surface area contributed by atoms with Gasteiger partial charge in [0.2, 0.25) is 0 Å². The summed E-state index contributed by atoms with van der Waals surface area (Å²) in [4.78, 5) is 7.09. The number of hydrogen-bond donors (Lipinski definition) is 2. The van der Waals surface area contributed by atoms with Crippen molar-refractivity contribution in [2.45, 2.75) is 25.5 Å². The predicted octanol–water partition coefficient (Wildman–Crippen LogP) is -0.540. The summed E-state index contributed by atoms with van der Waals surface area (Å²) in [7, 11) is 2.15. The second kappa shape index (κ2) is 7.93. The van der Waals surface area contributed by atoms with E-state index in [4.69, 9.17) is 15.7 Å². The van der Waals surface area contributed by atoms with E-state index in [0.29, 0.717) is 11.9 Å². The first-order chi connectivity index (χ1) is 10.1. The lowest BCUT2D eigenvalue weighted by atomic mass is 10.1. The summed E-state index contributed by atoms with van der Waals surface area (Å²) in [5.41, 5.74) is 5.78. The lowest BCUT2D eigenvalue weighted by molar-refractivity contribution is -0.0417. The molecule has 0 saturated carbocycles. The Morgan fingerprint density at radius 3 is 2.62 bits per heavy atom. The fourth-order valence-electron chi connectivity index (χ4n) is 3.24.